The number of benzene rings is 1. The van der Waals surface area contributed by atoms with E-state index in [0.717, 1.165) is 10.2 Å². The molecule has 2 rings (SSSR count). The molecule has 1 aromatic carbocycles. The monoisotopic (exact) mass is 192 g/mol. The van der Waals surface area contributed by atoms with Crippen LogP contribution in [0.5, 0.6) is 0 Å². The molecule has 0 fully saturated rings. The Bertz CT molecular complexity index is 417. The largest absolute Gasteiger partial charge is 0.362 e. The third-order valence-electron chi connectivity index (χ3n) is 1.63. The van der Waals surface area contributed by atoms with Crippen molar-refractivity contribution in [3.05, 3.63) is 29.3 Å². The highest BCUT2D eigenvalue weighted by molar-refractivity contribution is 7.18. The first-order chi connectivity index (χ1) is 6.25. The predicted molar refractivity (Wildman–Crippen MR) is 49.0 cm³/mol. The van der Waals surface area contributed by atoms with E-state index in [9.17, 15) is 9.90 Å². The minimum Gasteiger partial charge on any atom is -0.247 e. The van der Waals surface area contributed by atoms with Crippen molar-refractivity contribution in [2.45, 2.75) is 6.42 Å². The van der Waals surface area contributed by atoms with E-state index in [0.29, 0.717) is 5.01 Å². The molecular weight excluding hydrogens is 186 g/mol. The standard InChI is InChI=1S/C9H6NO2S/c11-9(12)5-8-10-6-3-1-2-4-7(6)13-8/h1-4H,5H2. The summed E-state index contributed by atoms with van der Waals surface area (Å²) in [7, 11) is 0. The average Bonchev–Trinajstić information content (AvgIpc) is 2.44. The number of fused-ring (bicyclic) bond motifs is 1. The van der Waals surface area contributed by atoms with Gasteiger partial charge in [-0.3, -0.25) is 0 Å². The number of para-hydroxylation sites is 1. The number of rotatable bonds is 2. The van der Waals surface area contributed by atoms with E-state index in [1.54, 1.807) is 0 Å². The van der Waals surface area contributed by atoms with Gasteiger partial charge in [-0.1, -0.05) is 12.1 Å². The first-order valence-electron chi connectivity index (χ1n) is 3.80. The lowest BCUT2D eigenvalue weighted by atomic mass is 10.3. The Morgan fingerprint density at radius 1 is 1.38 bits per heavy atom. The summed E-state index contributed by atoms with van der Waals surface area (Å²) in [5.41, 5.74) is 0.851. The van der Waals surface area contributed by atoms with Crippen LogP contribution < -0.4 is 0 Å². The van der Waals surface area contributed by atoms with Gasteiger partial charge in [0.1, 0.15) is 11.4 Å². The third-order valence-corrected chi connectivity index (χ3v) is 2.67. The van der Waals surface area contributed by atoms with Gasteiger partial charge in [0.15, 0.2) is 0 Å². The zero-order valence-electron chi connectivity index (χ0n) is 6.69. The highest BCUT2D eigenvalue weighted by Crippen LogP contribution is 2.21. The number of carbonyl (C=O) groups excluding carboxylic acids is 1. The summed E-state index contributed by atoms with van der Waals surface area (Å²) < 4.78 is 1.01. The van der Waals surface area contributed by atoms with E-state index in [1.807, 2.05) is 24.3 Å². The van der Waals surface area contributed by atoms with Crippen LogP contribution in [0.1, 0.15) is 5.01 Å². The number of carbonyl (C=O) groups is 1. The minimum atomic E-state index is -1.08. The van der Waals surface area contributed by atoms with Crippen molar-refractivity contribution in [1.29, 1.82) is 0 Å². The quantitative estimate of drug-likeness (QED) is 0.728. The molecule has 3 nitrogen and oxygen atoms in total. The van der Waals surface area contributed by atoms with Gasteiger partial charge in [0, 0.05) is 0 Å². The van der Waals surface area contributed by atoms with Crippen molar-refractivity contribution in [3.63, 3.8) is 0 Å². The zero-order valence-corrected chi connectivity index (χ0v) is 7.50. The average molecular weight is 192 g/mol. The van der Waals surface area contributed by atoms with Gasteiger partial charge in [0.2, 0.25) is 0 Å². The Hall–Kier alpha value is -1.42. The summed E-state index contributed by atoms with van der Waals surface area (Å²) in [5.74, 6) is -1.08. The second-order valence-corrected chi connectivity index (χ2v) is 3.74. The molecule has 2 aromatic rings. The summed E-state index contributed by atoms with van der Waals surface area (Å²) in [4.78, 5) is 14.5. The smallest absolute Gasteiger partial charge is 0.247 e. The highest BCUT2D eigenvalue weighted by Gasteiger charge is 2.07. The molecule has 0 saturated heterocycles. The molecule has 1 radical (unpaired) electrons. The Labute approximate surface area is 78.7 Å². The molecule has 0 aliphatic carbocycles. The number of thiazole rings is 1. The van der Waals surface area contributed by atoms with Gasteiger partial charge in [-0.15, -0.1) is 11.3 Å². The van der Waals surface area contributed by atoms with Crippen LogP contribution in [0, 0.1) is 0 Å². The van der Waals surface area contributed by atoms with Crippen molar-refractivity contribution < 1.29 is 9.90 Å². The van der Waals surface area contributed by atoms with Crippen LogP contribution in [0.3, 0.4) is 0 Å². The number of nitrogens with zero attached hydrogens (tertiary/aromatic N) is 1. The maximum absolute atomic E-state index is 10.3. The van der Waals surface area contributed by atoms with E-state index in [4.69, 9.17) is 0 Å². The van der Waals surface area contributed by atoms with Crippen LogP contribution in [0.2, 0.25) is 0 Å². The van der Waals surface area contributed by atoms with E-state index in [2.05, 4.69) is 4.98 Å². The lowest BCUT2D eigenvalue weighted by molar-refractivity contribution is -0.142. The van der Waals surface area contributed by atoms with E-state index in [-0.39, 0.29) is 6.42 Å². The Kier molecular flexibility index (Phi) is 1.98. The predicted octanol–water partition coefficient (Wildman–Crippen LogP) is 1.80. The van der Waals surface area contributed by atoms with Crippen LogP contribution in [0.4, 0.5) is 0 Å². The molecule has 0 spiro atoms. The summed E-state index contributed by atoms with van der Waals surface area (Å²) in [6.45, 7) is 0. The van der Waals surface area contributed by atoms with Gasteiger partial charge < -0.3 is 0 Å². The van der Waals surface area contributed by atoms with E-state index >= 15 is 0 Å². The van der Waals surface area contributed by atoms with Crippen LogP contribution in [0.15, 0.2) is 24.3 Å². The van der Waals surface area contributed by atoms with Crippen LogP contribution >= 0.6 is 11.3 Å². The molecule has 0 aliphatic heterocycles. The fraction of sp³-hybridized carbons (Fsp3) is 0.111. The van der Waals surface area contributed by atoms with Crippen molar-refractivity contribution >= 4 is 27.5 Å². The van der Waals surface area contributed by atoms with Gasteiger partial charge in [-0.25, -0.2) is 14.9 Å². The minimum absolute atomic E-state index is 0.0979. The number of hydrogen-bond acceptors (Lipinski definition) is 3. The third kappa shape index (κ3) is 1.67. The number of hydrogen-bond donors (Lipinski definition) is 0. The Morgan fingerprint density at radius 2 is 2.15 bits per heavy atom. The van der Waals surface area contributed by atoms with Crippen molar-refractivity contribution in [3.8, 4) is 0 Å². The van der Waals surface area contributed by atoms with Gasteiger partial charge in [-0.05, 0) is 12.1 Å². The number of aromatic nitrogens is 1. The lowest BCUT2D eigenvalue weighted by Crippen LogP contribution is -1.96. The molecule has 0 N–H and O–H groups in total. The molecule has 0 atom stereocenters. The van der Waals surface area contributed by atoms with Gasteiger partial charge >= 0.3 is 5.97 Å². The normalized spacial score (nSPS) is 10.5. The fourth-order valence-electron chi connectivity index (χ4n) is 1.12. The maximum atomic E-state index is 10.3. The van der Waals surface area contributed by atoms with Crippen molar-refractivity contribution in [2.24, 2.45) is 0 Å². The molecule has 13 heavy (non-hydrogen) atoms. The Morgan fingerprint density at radius 3 is 2.85 bits per heavy atom. The molecule has 1 heterocycles. The second-order valence-electron chi connectivity index (χ2n) is 2.62. The summed E-state index contributed by atoms with van der Waals surface area (Å²) in [6.07, 6.45) is -0.0979. The van der Waals surface area contributed by atoms with Gasteiger partial charge in [0.05, 0.1) is 10.2 Å². The Balaban J connectivity index is 2.44. The highest BCUT2D eigenvalue weighted by atomic mass is 32.1. The maximum Gasteiger partial charge on any atom is 0.362 e. The fourth-order valence-corrected chi connectivity index (χ4v) is 2.07. The molecule has 0 amide bonds. The first kappa shape index (κ1) is 8.19. The summed E-state index contributed by atoms with van der Waals surface area (Å²) in [5, 5.41) is 10.9. The van der Waals surface area contributed by atoms with Crippen LogP contribution in [-0.2, 0) is 16.3 Å². The summed E-state index contributed by atoms with van der Waals surface area (Å²) >= 11 is 1.39. The lowest BCUT2D eigenvalue weighted by Gasteiger charge is -1.81. The van der Waals surface area contributed by atoms with Crippen LogP contribution in [0.25, 0.3) is 10.2 Å². The van der Waals surface area contributed by atoms with E-state index in [1.165, 1.54) is 11.3 Å². The van der Waals surface area contributed by atoms with Gasteiger partial charge in [-0.2, -0.15) is 0 Å². The van der Waals surface area contributed by atoms with Gasteiger partial charge in [0.25, 0.3) is 0 Å². The van der Waals surface area contributed by atoms with Crippen molar-refractivity contribution in [1.82, 2.24) is 4.98 Å². The molecule has 1 aromatic heterocycles. The molecule has 65 valence electrons. The molecule has 0 aliphatic rings. The summed E-state index contributed by atoms with van der Waals surface area (Å²) in [6, 6.07) is 7.57. The first-order valence-corrected chi connectivity index (χ1v) is 4.61. The van der Waals surface area contributed by atoms with Crippen molar-refractivity contribution in [2.75, 3.05) is 0 Å². The molecule has 0 saturated carbocycles. The second kappa shape index (κ2) is 3.14. The van der Waals surface area contributed by atoms with E-state index < -0.39 is 5.97 Å². The topological polar surface area (TPSA) is 49.9 Å². The van der Waals surface area contributed by atoms with Crippen LogP contribution in [-0.4, -0.2) is 11.0 Å². The zero-order chi connectivity index (χ0) is 9.26. The molecule has 4 heteroatoms. The molecule has 0 bridgehead atoms. The SMILES string of the molecule is [O]C(=O)Cc1nc2ccccc2s1. The molecule has 0 unspecified atom stereocenters. The molecular formula is C9H6NO2S.